The summed E-state index contributed by atoms with van der Waals surface area (Å²) in [6.45, 7) is 6.58. The molecule has 2 saturated heterocycles. The van der Waals surface area contributed by atoms with E-state index in [2.05, 4.69) is 12.2 Å². The number of anilines is 1. The zero-order valence-electron chi connectivity index (χ0n) is 21.8. The third kappa shape index (κ3) is 6.21. The predicted octanol–water partition coefficient (Wildman–Crippen LogP) is 2.86. The van der Waals surface area contributed by atoms with E-state index in [1.807, 2.05) is 45.0 Å². The Hall–Kier alpha value is -2.90. The quantitative estimate of drug-likeness (QED) is 0.516. The van der Waals surface area contributed by atoms with E-state index in [0.717, 1.165) is 24.9 Å². The molecule has 0 radical (unpaired) electrons. The lowest BCUT2D eigenvalue weighted by Gasteiger charge is -2.29. The molecule has 0 bridgehead atoms. The average molecular weight is 485 g/mol. The fourth-order valence-electron chi connectivity index (χ4n) is 5.11. The molecule has 2 heterocycles. The van der Waals surface area contributed by atoms with Crippen LogP contribution < -0.4 is 10.2 Å². The van der Waals surface area contributed by atoms with Gasteiger partial charge in [-0.3, -0.25) is 19.2 Å². The number of benzene rings is 1. The fourth-order valence-corrected chi connectivity index (χ4v) is 5.11. The molecule has 2 aliphatic rings. The van der Waals surface area contributed by atoms with Gasteiger partial charge in [0.2, 0.25) is 11.8 Å². The van der Waals surface area contributed by atoms with Crippen molar-refractivity contribution in [1.29, 1.82) is 0 Å². The van der Waals surface area contributed by atoms with Gasteiger partial charge in [0, 0.05) is 38.3 Å². The molecule has 35 heavy (non-hydrogen) atoms. The Balaban J connectivity index is 1.71. The highest BCUT2D eigenvalue weighted by atomic mass is 16.2. The molecule has 3 amide bonds. The van der Waals surface area contributed by atoms with Crippen molar-refractivity contribution in [1.82, 2.24) is 15.1 Å². The van der Waals surface area contributed by atoms with Crippen LogP contribution in [0.15, 0.2) is 24.3 Å². The second-order valence-electron chi connectivity index (χ2n) is 10.4. The average Bonchev–Trinajstić information content (AvgIpc) is 3.39. The summed E-state index contributed by atoms with van der Waals surface area (Å²) < 4.78 is 0. The molecule has 0 saturated carbocycles. The van der Waals surface area contributed by atoms with Crippen molar-refractivity contribution in [2.75, 3.05) is 32.1 Å². The fraction of sp³-hybridized carbons (Fsp3) is 0.630. The molecule has 0 aromatic heterocycles. The van der Waals surface area contributed by atoms with Crippen LogP contribution in [0, 0.1) is 5.92 Å². The summed E-state index contributed by atoms with van der Waals surface area (Å²) in [7, 11) is 3.86. The molecule has 1 aromatic carbocycles. The number of fused-ring (bicyclic) bond motifs is 1. The van der Waals surface area contributed by atoms with Crippen LogP contribution in [-0.4, -0.2) is 78.6 Å². The standard InChI is InChI=1S/C27H40N4O4/c1-6-7-8-9-24(33)31-17-23(32)25-22(31)14-15-30(25)27(35)21(16-18(2)3)28-26(34)19-10-12-20(13-11-19)29(4)5/h10-13,18,21-22,25H,6-9,14-17H2,1-5H3,(H,28,34)/t21-,22+,25-/m0/s1. The first-order chi connectivity index (χ1) is 16.6. The molecule has 0 aliphatic carbocycles. The number of Topliss-reactive ketones (excluding diaryl/α,β-unsaturated/α-hetero) is 1. The molecular weight excluding hydrogens is 444 g/mol. The molecule has 3 rings (SSSR count). The number of amides is 3. The highest BCUT2D eigenvalue weighted by Gasteiger charge is 2.52. The number of nitrogens with zero attached hydrogens (tertiary/aromatic N) is 3. The van der Waals surface area contributed by atoms with Crippen LogP contribution >= 0.6 is 0 Å². The maximum atomic E-state index is 13.6. The largest absolute Gasteiger partial charge is 0.378 e. The molecular formula is C27H40N4O4. The third-order valence-electron chi connectivity index (χ3n) is 6.98. The Morgan fingerprint density at radius 3 is 2.37 bits per heavy atom. The van der Waals surface area contributed by atoms with Gasteiger partial charge in [0.05, 0.1) is 12.6 Å². The van der Waals surface area contributed by atoms with Gasteiger partial charge >= 0.3 is 0 Å². The van der Waals surface area contributed by atoms with Crippen molar-refractivity contribution in [2.24, 2.45) is 5.92 Å². The Morgan fingerprint density at radius 1 is 1.09 bits per heavy atom. The Morgan fingerprint density at radius 2 is 1.77 bits per heavy atom. The Kier molecular flexibility index (Phi) is 8.92. The number of carbonyl (C=O) groups is 4. The number of carbonyl (C=O) groups excluding carboxylic acids is 4. The van der Waals surface area contributed by atoms with E-state index in [1.54, 1.807) is 21.9 Å². The second-order valence-corrected chi connectivity index (χ2v) is 10.4. The van der Waals surface area contributed by atoms with E-state index in [-0.39, 0.29) is 42.0 Å². The lowest BCUT2D eigenvalue weighted by Crippen LogP contribution is -2.53. The van der Waals surface area contributed by atoms with Gasteiger partial charge in [0.25, 0.3) is 5.91 Å². The summed E-state index contributed by atoms with van der Waals surface area (Å²) in [5.41, 5.74) is 1.46. The summed E-state index contributed by atoms with van der Waals surface area (Å²) in [5, 5.41) is 2.92. The van der Waals surface area contributed by atoms with Gasteiger partial charge in [-0.25, -0.2) is 0 Å². The third-order valence-corrected chi connectivity index (χ3v) is 6.98. The number of unbranched alkanes of at least 4 members (excludes halogenated alkanes) is 2. The predicted molar refractivity (Wildman–Crippen MR) is 136 cm³/mol. The van der Waals surface area contributed by atoms with E-state index in [9.17, 15) is 19.2 Å². The molecule has 8 heteroatoms. The summed E-state index contributed by atoms with van der Waals surface area (Å²) >= 11 is 0. The molecule has 2 fully saturated rings. The van der Waals surface area contributed by atoms with Crippen LogP contribution in [0.3, 0.4) is 0 Å². The molecule has 1 aromatic rings. The van der Waals surface area contributed by atoms with Crippen molar-refractivity contribution in [3.63, 3.8) is 0 Å². The minimum atomic E-state index is -0.725. The number of nitrogens with one attached hydrogen (secondary N) is 1. The van der Waals surface area contributed by atoms with Crippen molar-refractivity contribution < 1.29 is 19.2 Å². The van der Waals surface area contributed by atoms with Crippen molar-refractivity contribution in [3.8, 4) is 0 Å². The van der Waals surface area contributed by atoms with Gasteiger partial charge in [-0.15, -0.1) is 0 Å². The van der Waals surface area contributed by atoms with Gasteiger partial charge in [0.15, 0.2) is 5.78 Å². The van der Waals surface area contributed by atoms with Gasteiger partial charge in [-0.05, 0) is 49.4 Å². The topological polar surface area (TPSA) is 90.0 Å². The number of rotatable bonds is 10. The first-order valence-corrected chi connectivity index (χ1v) is 12.8. The van der Waals surface area contributed by atoms with Crippen LogP contribution in [0.25, 0.3) is 0 Å². The molecule has 192 valence electrons. The minimum absolute atomic E-state index is 0.00167. The van der Waals surface area contributed by atoms with Crippen LogP contribution in [0.1, 0.15) is 69.7 Å². The normalized spacial score (nSPS) is 20.2. The molecule has 0 spiro atoms. The van der Waals surface area contributed by atoms with Gasteiger partial charge in [-0.1, -0.05) is 33.6 Å². The number of hydrogen-bond acceptors (Lipinski definition) is 5. The van der Waals surface area contributed by atoms with Crippen LogP contribution in [0.4, 0.5) is 5.69 Å². The highest BCUT2D eigenvalue weighted by molar-refractivity contribution is 6.01. The smallest absolute Gasteiger partial charge is 0.251 e. The maximum absolute atomic E-state index is 13.6. The van der Waals surface area contributed by atoms with E-state index in [4.69, 9.17) is 0 Å². The van der Waals surface area contributed by atoms with Gasteiger partial charge in [-0.2, -0.15) is 0 Å². The number of likely N-dealkylation sites (tertiary alicyclic amines) is 2. The number of ketones is 1. The summed E-state index contributed by atoms with van der Waals surface area (Å²) in [6, 6.07) is 5.63. The van der Waals surface area contributed by atoms with Crippen molar-refractivity contribution in [2.45, 2.75) is 77.4 Å². The van der Waals surface area contributed by atoms with Crippen LogP contribution in [0.2, 0.25) is 0 Å². The summed E-state index contributed by atoms with van der Waals surface area (Å²) in [5.74, 6) is -0.455. The van der Waals surface area contributed by atoms with E-state index in [0.29, 0.717) is 31.4 Å². The molecule has 2 aliphatic heterocycles. The molecule has 1 N–H and O–H groups in total. The Labute approximate surface area is 209 Å². The van der Waals surface area contributed by atoms with Crippen molar-refractivity contribution >= 4 is 29.2 Å². The maximum Gasteiger partial charge on any atom is 0.251 e. The zero-order valence-corrected chi connectivity index (χ0v) is 21.8. The first kappa shape index (κ1) is 26.7. The lowest BCUT2D eigenvalue weighted by atomic mass is 10.0. The summed E-state index contributed by atoms with van der Waals surface area (Å²) in [4.78, 5) is 57.5. The van der Waals surface area contributed by atoms with Crippen LogP contribution in [-0.2, 0) is 14.4 Å². The van der Waals surface area contributed by atoms with Crippen LogP contribution in [0.5, 0.6) is 0 Å². The van der Waals surface area contributed by atoms with E-state index >= 15 is 0 Å². The molecule has 0 unspecified atom stereocenters. The summed E-state index contributed by atoms with van der Waals surface area (Å²) in [6.07, 6.45) is 4.34. The second kappa shape index (κ2) is 11.7. The Bertz CT molecular complexity index is 928. The van der Waals surface area contributed by atoms with E-state index in [1.165, 1.54) is 0 Å². The SMILES string of the molecule is CCCCCC(=O)N1CC(=O)[C@@H]2[C@H]1CCN2C(=O)[C@H](CC(C)C)NC(=O)c1ccc(N(C)C)cc1. The van der Waals surface area contributed by atoms with Gasteiger partial charge < -0.3 is 20.0 Å². The zero-order chi connectivity index (χ0) is 25.7. The monoisotopic (exact) mass is 484 g/mol. The first-order valence-electron chi connectivity index (χ1n) is 12.8. The highest BCUT2D eigenvalue weighted by Crippen LogP contribution is 2.31. The minimum Gasteiger partial charge on any atom is -0.378 e. The lowest BCUT2D eigenvalue weighted by molar-refractivity contribution is -0.138. The van der Waals surface area contributed by atoms with Gasteiger partial charge in [0.1, 0.15) is 12.1 Å². The van der Waals surface area contributed by atoms with E-state index < -0.39 is 12.1 Å². The number of hydrogen-bond donors (Lipinski definition) is 1. The molecule has 3 atom stereocenters. The van der Waals surface area contributed by atoms with Crippen molar-refractivity contribution in [3.05, 3.63) is 29.8 Å². The molecule has 8 nitrogen and oxygen atoms in total.